The predicted molar refractivity (Wildman–Crippen MR) is 88.8 cm³/mol. The van der Waals surface area contributed by atoms with Crippen molar-refractivity contribution >= 4 is 6.09 Å². The third-order valence-corrected chi connectivity index (χ3v) is 3.92. The van der Waals surface area contributed by atoms with Crippen LogP contribution in [0.25, 0.3) is 0 Å². The van der Waals surface area contributed by atoms with Crippen LogP contribution in [0.2, 0.25) is 0 Å². The largest absolute Gasteiger partial charge is 0.457 e. The van der Waals surface area contributed by atoms with Crippen LogP contribution in [0.1, 0.15) is 43.4 Å². The van der Waals surface area contributed by atoms with E-state index in [1.165, 1.54) is 0 Å². The van der Waals surface area contributed by atoms with E-state index >= 15 is 0 Å². The molecular weight excluding hydrogens is 290 g/mol. The van der Waals surface area contributed by atoms with Crippen LogP contribution in [0.5, 0.6) is 11.5 Å². The molecule has 4 nitrogen and oxygen atoms in total. The zero-order valence-corrected chi connectivity index (χ0v) is 13.2. The number of nitrogens with one attached hydrogen (secondary N) is 1. The number of unbranched alkanes of at least 4 members (excludes halogenated alkanes) is 2. The number of benzene rings is 2. The van der Waals surface area contributed by atoms with E-state index in [1.54, 1.807) is 0 Å². The number of para-hydroxylation sites is 2. The Morgan fingerprint density at radius 1 is 1.04 bits per heavy atom. The van der Waals surface area contributed by atoms with Crippen molar-refractivity contribution in [1.82, 2.24) is 5.32 Å². The van der Waals surface area contributed by atoms with Gasteiger partial charge in [-0.25, -0.2) is 4.79 Å². The van der Waals surface area contributed by atoms with E-state index in [-0.39, 0.29) is 6.04 Å². The first-order chi connectivity index (χ1) is 11.3. The van der Waals surface area contributed by atoms with Gasteiger partial charge < -0.3 is 14.8 Å². The SMILES string of the molecule is CCCCCOC(=O)NC1c2ccccc2Oc2ccccc21. The number of alkyl carbamates (subject to hydrolysis) is 1. The molecule has 0 spiro atoms. The number of ether oxygens (including phenoxy) is 2. The Kier molecular flexibility index (Phi) is 4.81. The molecule has 0 atom stereocenters. The maximum Gasteiger partial charge on any atom is 0.407 e. The van der Waals surface area contributed by atoms with Crippen molar-refractivity contribution in [2.75, 3.05) is 6.61 Å². The molecule has 0 radical (unpaired) electrons. The lowest BCUT2D eigenvalue weighted by molar-refractivity contribution is 0.141. The molecule has 3 rings (SSSR count). The Morgan fingerprint density at radius 3 is 2.26 bits per heavy atom. The maximum atomic E-state index is 12.1. The van der Waals surface area contributed by atoms with Gasteiger partial charge in [-0.2, -0.15) is 0 Å². The van der Waals surface area contributed by atoms with Gasteiger partial charge in [-0.3, -0.25) is 0 Å². The third-order valence-electron chi connectivity index (χ3n) is 3.92. The molecule has 0 aromatic heterocycles. The Hall–Kier alpha value is -2.49. The van der Waals surface area contributed by atoms with Crippen molar-refractivity contribution in [3.05, 3.63) is 59.7 Å². The van der Waals surface area contributed by atoms with Gasteiger partial charge in [0.05, 0.1) is 12.6 Å². The molecule has 0 saturated heterocycles. The average Bonchev–Trinajstić information content (AvgIpc) is 2.58. The fraction of sp³-hybridized carbons (Fsp3) is 0.316. The van der Waals surface area contributed by atoms with E-state index in [4.69, 9.17) is 9.47 Å². The smallest absolute Gasteiger partial charge is 0.407 e. The van der Waals surface area contributed by atoms with Gasteiger partial charge in [-0.1, -0.05) is 56.2 Å². The monoisotopic (exact) mass is 311 g/mol. The van der Waals surface area contributed by atoms with Crippen LogP contribution in [-0.2, 0) is 4.74 Å². The number of rotatable bonds is 5. The van der Waals surface area contributed by atoms with Crippen molar-refractivity contribution in [3.63, 3.8) is 0 Å². The van der Waals surface area contributed by atoms with Crippen LogP contribution in [0.15, 0.2) is 48.5 Å². The minimum absolute atomic E-state index is 0.255. The lowest BCUT2D eigenvalue weighted by atomic mass is 9.95. The second-order valence-corrected chi connectivity index (χ2v) is 5.60. The molecule has 1 heterocycles. The number of hydrogen-bond donors (Lipinski definition) is 1. The third kappa shape index (κ3) is 3.47. The molecule has 1 amide bonds. The van der Waals surface area contributed by atoms with E-state index < -0.39 is 6.09 Å². The lowest BCUT2D eigenvalue weighted by Crippen LogP contribution is -2.31. The number of fused-ring (bicyclic) bond motifs is 2. The summed E-state index contributed by atoms with van der Waals surface area (Å²) in [5.74, 6) is 1.53. The van der Waals surface area contributed by atoms with E-state index in [1.807, 2.05) is 48.5 Å². The van der Waals surface area contributed by atoms with Crippen LogP contribution in [-0.4, -0.2) is 12.7 Å². The van der Waals surface area contributed by atoms with Gasteiger partial charge in [-0.05, 0) is 18.6 Å². The first-order valence-corrected chi connectivity index (χ1v) is 8.08. The van der Waals surface area contributed by atoms with Gasteiger partial charge in [-0.15, -0.1) is 0 Å². The molecule has 0 saturated carbocycles. The number of carbonyl (C=O) groups is 1. The highest BCUT2D eigenvalue weighted by molar-refractivity contribution is 5.70. The fourth-order valence-corrected chi connectivity index (χ4v) is 2.74. The maximum absolute atomic E-state index is 12.1. The molecule has 0 fully saturated rings. The highest BCUT2D eigenvalue weighted by Gasteiger charge is 2.28. The Labute approximate surface area is 136 Å². The molecule has 1 N–H and O–H groups in total. The van der Waals surface area contributed by atoms with Crippen molar-refractivity contribution in [2.45, 2.75) is 32.2 Å². The van der Waals surface area contributed by atoms with E-state index in [0.717, 1.165) is 41.9 Å². The lowest BCUT2D eigenvalue weighted by Gasteiger charge is -2.28. The normalized spacial score (nSPS) is 12.7. The highest BCUT2D eigenvalue weighted by Crippen LogP contribution is 2.42. The van der Waals surface area contributed by atoms with Crippen LogP contribution >= 0.6 is 0 Å². The molecule has 0 unspecified atom stereocenters. The first-order valence-electron chi connectivity index (χ1n) is 8.08. The van der Waals surface area contributed by atoms with Crippen molar-refractivity contribution in [2.24, 2.45) is 0 Å². The van der Waals surface area contributed by atoms with Gasteiger partial charge in [0.2, 0.25) is 0 Å². The van der Waals surface area contributed by atoms with Crippen molar-refractivity contribution < 1.29 is 14.3 Å². The second kappa shape index (κ2) is 7.18. The minimum Gasteiger partial charge on any atom is -0.457 e. The van der Waals surface area contributed by atoms with E-state index in [2.05, 4.69) is 12.2 Å². The molecule has 4 heteroatoms. The Balaban J connectivity index is 1.77. The molecule has 1 aliphatic rings. The summed E-state index contributed by atoms with van der Waals surface area (Å²) in [4.78, 5) is 12.1. The second-order valence-electron chi connectivity index (χ2n) is 5.60. The molecule has 0 aliphatic carbocycles. The average molecular weight is 311 g/mol. The number of hydrogen-bond acceptors (Lipinski definition) is 3. The highest BCUT2D eigenvalue weighted by atomic mass is 16.5. The minimum atomic E-state index is -0.391. The van der Waals surface area contributed by atoms with Crippen molar-refractivity contribution in [3.8, 4) is 11.5 Å². The van der Waals surface area contributed by atoms with Crippen LogP contribution < -0.4 is 10.1 Å². The summed E-state index contributed by atoms with van der Waals surface area (Å²) in [6.45, 7) is 2.57. The summed E-state index contributed by atoms with van der Waals surface area (Å²) in [7, 11) is 0. The molecule has 1 aliphatic heterocycles. The van der Waals surface area contributed by atoms with Crippen LogP contribution in [0.4, 0.5) is 4.79 Å². The zero-order chi connectivity index (χ0) is 16.1. The summed E-state index contributed by atoms with van der Waals surface area (Å²) >= 11 is 0. The van der Waals surface area contributed by atoms with Gasteiger partial charge in [0, 0.05) is 11.1 Å². The molecule has 2 aromatic rings. The quantitative estimate of drug-likeness (QED) is 0.807. The topological polar surface area (TPSA) is 47.6 Å². The molecule has 120 valence electrons. The Bertz CT molecular complexity index is 638. The van der Waals surface area contributed by atoms with Gasteiger partial charge in [0.15, 0.2) is 0 Å². The fourth-order valence-electron chi connectivity index (χ4n) is 2.74. The summed E-state index contributed by atoms with van der Waals surface area (Å²) in [6.07, 6.45) is 2.67. The van der Waals surface area contributed by atoms with E-state index in [9.17, 15) is 4.79 Å². The van der Waals surface area contributed by atoms with E-state index in [0.29, 0.717) is 6.61 Å². The summed E-state index contributed by atoms with van der Waals surface area (Å²) in [5, 5.41) is 2.97. The first kappa shape index (κ1) is 15.4. The van der Waals surface area contributed by atoms with Crippen molar-refractivity contribution in [1.29, 1.82) is 0 Å². The molecular formula is C19H21NO3. The van der Waals surface area contributed by atoms with Crippen LogP contribution in [0.3, 0.4) is 0 Å². The molecule has 2 aromatic carbocycles. The van der Waals surface area contributed by atoms with Gasteiger partial charge >= 0.3 is 6.09 Å². The van der Waals surface area contributed by atoms with Gasteiger partial charge in [0.1, 0.15) is 11.5 Å². The number of amides is 1. The van der Waals surface area contributed by atoms with Gasteiger partial charge in [0.25, 0.3) is 0 Å². The zero-order valence-electron chi connectivity index (χ0n) is 13.2. The summed E-state index contributed by atoms with van der Waals surface area (Å²) in [6, 6.07) is 15.2. The Morgan fingerprint density at radius 2 is 1.65 bits per heavy atom. The predicted octanol–water partition coefficient (Wildman–Crippen LogP) is 4.80. The summed E-state index contributed by atoms with van der Waals surface area (Å²) < 4.78 is 11.2. The van der Waals surface area contributed by atoms with Crippen LogP contribution in [0, 0.1) is 0 Å². The molecule has 23 heavy (non-hydrogen) atoms. The molecule has 0 bridgehead atoms. The number of carbonyl (C=O) groups excluding carboxylic acids is 1. The standard InChI is InChI=1S/C19H21NO3/c1-2-3-8-13-22-19(21)20-18-14-9-4-6-11-16(14)23-17-12-7-5-10-15(17)18/h4-7,9-12,18H,2-3,8,13H2,1H3,(H,20,21). The summed E-state index contributed by atoms with van der Waals surface area (Å²) in [5.41, 5.74) is 1.88.